The van der Waals surface area contributed by atoms with Crippen molar-refractivity contribution in [3.8, 4) is 5.75 Å². The zero-order valence-electron chi connectivity index (χ0n) is 11.1. The van der Waals surface area contributed by atoms with Crippen LogP contribution in [0.2, 0.25) is 0 Å². The van der Waals surface area contributed by atoms with Gasteiger partial charge >= 0.3 is 5.97 Å². The minimum Gasteiger partial charge on any atom is -0.507 e. The van der Waals surface area contributed by atoms with Crippen LogP contribution in [0.3, 0.4) is 0 Å². The summed E-state index contributed by atoms with van der Waals surface area (Å²) in [5, 5.41) is 21.0. The lowest BCUT2D eigenvalue weighted by Gasteiger charge is -2.10. The summed E-state index contributed by atoms with van der Waals surface area (Å²) in [6.07, 6.45) is 0. The molecule has 0 spiro atoms. The third kappa shape index (κ3) is 3.17. The van der Waals surface area contributed by atoms with Crippen LogP contribution in [0, 0.1) is 12.7 Å². The van der Waals surface area contributed by atoms with Crippen molar-refractivity contribution in [1.29, 1.82) is 0 Å². The topological polar surface area (TPSA) is 86.6 Å². The first-order valence-corrected chi connectivity index (χ1v) is 6.02. The molecule has 0 saturated heterocycles. The van der Waals surface area contributed by atoms with Gasteiger partial charge in [-0.2, -0.15) is 0 Å². The number of aromatic hydroxyl groups is 1. The van der Waals surface area contributed by atoms with Crippen LogP contribution in [0.1, 0.15) is 26.3 Å². The first kappa shape index (κ1) is 14.5. The molecule has 2 aromatic rings. The van der Waals surface area contributed by atoms with Gasteiger partial charge in [-0.1, -0.05) is 11.6 Å². The van der Waals surface area contributed by atoms with Crippen LogP contribution in [0.15, 0.2) is 36.4 Å². The van der Waals surface area contributed by atoms with Crippen molar-refractivity contribution in [3.05, 3.63) is 58.9 Å². The van der Waals surface area contributed by atoms with E-state index in [0.29, 0.717) is 0 Å². The fourth-order valence-corrected chi connectivity index (χ4v) is 1.82. The van der Waals surface area contributed by atoms with Gasteiger partial charge in [-0.3, -0.25) is 4.79 Å². The number of anilines is 1. The van der Waals surface area contributed by atoms with Gasteiger partial charge in [0.05, 0.1) is 16.8 Å². The smallest absolute Gasteiger partial charge is 0.337 e. The quantitative estimate of drug-likeness (QED) is 0.811. The second-order valence-corrected chi connectivity index (χ2v) is 4.47. The van der Waals surface area contributed by atoms with Crippen LogP contribution < -0.4 is 5.32 Å². The number of aryl methyl sites for hydroxylation is 1. The van der Waals surface area contributed by atoms with Crippen LogP contribution in [-0.2, 0) is 0 Å². The number of phenolic OH excluding ortho intramolecular Hbond substituents is 1. The first-order chi connectivity index (χ1) is 9.88. The van der Waals surface area contributed by atoms with Crippen LogP contribution in [-0.4, -0.2) is 22.1 Å². The molecule has 0 aliphatic carbocycles. The Bertz CT molecular complexity index is 728. The van der Waals surface area contributed by atoms with E-state index in [1.165, 1.54) is 12.1 Å². The maximum atomic E-state index is 13.1. The van der Waals surface area contributed by atoms with Gasteiger partial charge in [0.1, 0.15) is 11.6 Å². The van der Waals surface area contributed by atoms with Crippen LogP contribution in [0.4, 0.5) is 10.1 Å². The predicted octanol–water partition coefficient (Wildman–Crippen LogP) is 2.79. The highest BCUT2D eigenvalue weighted by atomic mass is 19.1. The van der Waals surface area contributed by atoms with Gasteiger partial charge < -0.3 is 15.5 Å². The number of halogens is 1. The van der Waals surface area contributed by atoms with Crippen LogP contribution in [0.25, 0.3) is 0 Å². The van der Waals surface area contributed by atoms with Gasteiger partial charge in [0.2, 0.25) is 0 Å². The number of hydrogen-bond acceptors (Lipinski definition) is 3. The zero-order valence-corrected chi connectivity index (χ0v) is 11.1. The van der Waals surface area contributed by atoms with Gasteiger partial charge in [0.25, 0.3) is 5.91 Å². The van der Waals surface area contributed by atoms with Crippen molar-refractivity contribution >= 4 is 17.6 Å². The monoisotopic (exact) mass is 289 g/mol. The highest BCUT2D eigenvalue weighted by Crippen LogP contribution is 2.22. The number of benzene rings is 2. The Morgan fingerprint density at radius 1 is 1.10 bits per heavy atom. The second-order valence-electron chi connectivity index (χ2n) is 4.47. The summed E-state index contributed by atoms with van der Waals surface area (Å²) in [6, 6.07) is 7.48. The van der Waals surface area contributed by atoms with Crippen molar-refractivity contribution in [2.45, 2.75) is 6.92 Å². The zero-order chi connectivity index (χ0) is 15.6. The van der Waals surface area contributed by atoms with E-state index in [2.05, 4.69) is 5.32 Å². The molecular formula is C15H12FNO4. The van der Waals surface area contributed by atoms with Crippen molar-refractivity contribution in [2.75, 3.05) is 5.32 Å². The summed E-state index contributed by atoms with van der Waals surface area (Å²) in [5.74, 6) is -2.98. The molecule has 21 heavy (non-hydrogen) atoms. The number of aromatic carboxylic acids is 1. The Hall–Kier alpha value is -2.89. The summed E-state index contributed by atoms with van der Waals surface area (Å²) in [4.78, 5) is 23.1. The maximum absolute atomic E-state index is 13.1. The molecule has 0 heterocycles. The normalized spacial score (nSPS) is 10.2. The third-order valence-corrected chi connectivity index (χ3v) is 2.86. The molecule has 108 valence electrons. The molecule has 3 N–H and O–H groups in total. The molecule has 2 rings (SSSR count). The number of phenols is 1. The van der Waals surface area contributed by atoms with Gasteiger partial charge in [-0.05, 0) is 37.3 Å². The molecule has 0 unspecified atom stereocenters. The molecule has 0 atom stereocenters. The highest BCUT2D eigenvalue weighted by molar-refractivity contribution is 6.09. The van der Waals surface area contributed by atoms with Gasteiger partial charge in [-0.25, -0.2) is 9.18 Å². The molecule has 1 amide bonds. The Morgan fingerprint density at radius 3 is 2.48 bits per heavy atom. The Morgan fingerprint density at radius 2 is 1.81 bits per heavy atom. The number of hydrogen-bond donors (Lipinski definition) is 3. The van der Waals surface area contributed by atoms with E-state index in [-0.39, 0.29) is 22.6 Å². The number of nitrogens with one attached hydrogen (secondary N) is 1. The summed E-state index contributed by atoms with van der Waals surface area (Å²) < 4.78 is 13.1. The maximum Gasteiger partial charge on any atom is 0.337 e. The Kier molecular flexibility index (Phi) is 3.89. The number of carbonyl (C=O) groups is 2. The highest BCUT2D eigenvalue weighted by Gasteiger charge is 2.16. The molecule has 6 heteroatoms. The van der Waals surface area contributed by atoms with E-state index in [1.54, 1.807) is 13.0 Å². The molecule has 0 aliphatic heterocycles. The van der Waals surface area contributed by atoms with E-state index >= 15 is 0 Å². The molecule has 0 bridgehead atoms. The molecule has 2 aromatic carbocycles. The lowest BCUT2D eigenvalue weighted by Crippen LogP contribution is -2.15. The second kappa shape index (κ2) is 5.62. The molecule has 0 aromatic heterocycles. The fourth-order valence-electron chi connectivity index (χ4n) is 1.82. The van der Waals surface area contributed by atoms with E-state index in [4.69, 9.17) is 5.11 Å². The molecule has 0 aliphatic rings. The minimum absolute atomic E-state index is 0.00987. The average Bonchev–Trinajstić information content (AvgIpc) is 2.43. The number of carbonyl (C=O) groups excluding carboxylic acids is 1. The molecule has 0 radical (unpaired) electrons. The van der Waals surface area contributed by atoms with E-state index < -0.39 is 17.7 Å². The lowest BCUT2D eigenvalue weighted by atomic mass is 10.1. The largest absolute Gasteiger partial charge is 0.507 e. The van der Waals surface area contributed by atoms with Gasteiger partial charge in [0.15, 0.2) is 0 Å². The molecule has 5 nitrogen and oxygen atoms in total. The van der Waals surface area contributed by atoms with Crippen LogP contribution >= 0.6 is 0 Å². The number of carboxylic acids is 1. The number of rotatable bonds is 3. The predicted molar refractivity (Wildman–Crippen MR) is 74.2 cm³/mol. The van der Waals surface area contributed by atoms with Crippen molar-refractivity contribution in [2.24, 2.45) is 0 Å². The van der Waals surface area contributed by atoms with E-state index in [1.807, 2.05) is 0 Å². The van der Waals surface area contributed by atoms with Crippen molar-refractivity contribution in [3.63, 3.8) is 0 Å². The Balaban J connectivity index is 2.36. The molecule has 0 fully saturated rings. The molecule has 0 saturated carbocycles. The molecular weight excluding hydrogens is 277 g/mol. The fraction of sp³-hybridized carbons (Fsp3) is 0.0667. The van der Waals surface area contributed by atoms with Gasteiger partial charge in [0, 0.05) is 0 Å². The lowest BCUT2D eigenvalue weighted by molar-refractivity contribution is 0.0697. The Labute approximate surface area is 119 Å². The number of carboxylic acid groups (broad SMARTS) is 1. The third-order valence-electron chi connectivity index (χ3n) is 2.86. The minimum atomic E-state index is -1.36. The van der Waals surface area contributed by atoms with Crippen molar-refractivity contribution < 1.29 is 24.2 Å². The van der Waals surface area contributed by atoms with Gasteiger partial charge in [-0.15, -0.1) is 0 Å². The summed E-state index contributed by atoms with van der Waals surface area (Å²) >= 11 is 0. The summed E-state index contributed by atoms with van der Waals surface area (Å²) in [5.41, 5.74) is 0.358. The van der Waals surface area contributed by atoms with Crippen molar-refractivity contribution in [1.82, 2.24) is 0 Å². The first-order valence-electron chi connectivity index (χ1n) is 6.02. The summed E-state index contributed by atoms with van der Waals surface area (Å²) in [7, 11) is 0. The van der Waals surface area contributed by atoms with Crippen LogP contribution in [0.5, 0.6) is 5.75 Å². The standard InChI is InChI=1S/C15H12FNO4/c1-8-2-5-13(18)11(6-8)14(19)17-12-4-3-9(16)7-10(12)15(20)21/h2-7,18H,1H3,(H,17,19)(H,20,21). The summed E-state index contributed by atoms with van der Waals surface area (Å²) in [6.45, 7) is 1.75. The average molecular weight is 289 g/mol. The number of amides is 1. The SMILES string of the molecule is Cc1ccc(O)c(C(=O)Nc2ccc(F)cc2C(=O)O)c1. The van der Waals surface area contributed by atoms with E-state index in [9.17, 15) is 19.1 Å². The van der Waals surface area contributed by atoms with E-state index in [0.717, 1.165) is 23.8 Å².